The molecule has 0 aliphatic carbocycles. The van der Waals surface area contributed by atoms with Gasteiger partial charge in [-0.3, -0.25) is 0 Å². The zero-order chi connectivity index (χ0) is 23.1. The highest BCUT2D eigenvalue weighted by atomic mass is 32.2. The Bertz CT molecular complexity index is 1170. The molecule has 0 aliphatic heterocycles. The van der Waals surface area contributed by atoms with Gasteiger partial charge in [-0.2, -0.15) is 31.8 Å². The maximum Gasteiger partial charge on any atom is 0.501 e. The molecule has 0 radical (unpaired) electrons. The number of nitrogens with zero attached hydrogens (tertiary/aromatic N) is 1. The number of halogens is 6. The summed E-state index contributed by atoms with van der Waals surface area (Å²) in [6.07, 6.45) is -3.91. The van der Waals surface area contributed by atoms with E-state index in [1.807, 2.05) is 0 Å². The van der Waals surface area contributed by atoms with Crippen molar-refractivity contribution in [1.82, 2.24) is 0 Å². The second-order valence-corrected chi connectivity index (χ2v) is 10.0. The minimum absolute atomic E-state index is 0.347. The highest BCUT2D eigenvalue weighted by Crippen LogP contribution is 2.34. The zero-order valence-electron chi connectivity index (χ0n) is 14.8. The fourth-order valence-electron chi connectivity index (χ4n) is 2.15. The van der Waals surface area contributed by atoms with Crippen LogP contribution in [-0.2, 0) is 25.9 Å². The number of rotatable bonds is 5. The van der Waals surface area contributed by atoms with Crippen molar-refractivity contribution in [2.24, 2.45) is 0 Å². The number of hydrogen-bond donors (Lipinski definition) is 2. The van der Waals surface area contributed by atoms with E-state index in [4.69, 9.17) is 0 Å². The molecular formula is C15H13F6N2O5S2+. The molecule has 7 nitrogen and oxygen atoms in total. The number of anilines is 1. The average molecular weight is 479 g/mol. The van der Waals surface area contributed by atoms with Gasteiger partial charge in [0.15, 0.2) is 9.84 Å². The summed E-state index contributed by atoms with van der Waals surface area (Å²) in [4.78, 5) is -2.05. The van der Waals surface area contributed by atoms with Crippen LogP contribution >= 0.6 is 0 Å². The molecule has 2 rings (SSSR count). The Hall–Kier alpha value is -2.55. The van der Waals surface area contributed by atoms with Crippen molar-refractivity contribution >= 4 is 25.4 Å². The topological polar surface area (TPSA) is 104 Å². The highest BCUT2D eigenvalue weighted by molar-refractivity contribution is 7.92. The van der Waals surface area contributed by atoms with Gasteiger partial charge in [-0.05, 0) is 24.3 Å². The number of hydrogen-bond acceptors (Lipinski definition) is 6. The molecule has 0 aliphatic rings. The first-order chi connectivity index (χ1) is 13.5. The molecule has 15 heteroatoms. The summed E-state index contributed by atoms with van der Waals surface area (Å²) in [6.45, 7) is 1.19. The third kappa shape index (κ3) is 4.77. The van der Waals surface area contributed by atoms with E-state index in [-0.39, 0.29) is 0 Å². The van der Waals surface area contributed by atoms with Gasteiger partial charge in [0.2, 0.25) is 12.4 Å². The highest BCUT2D eigenvalue weighted by Gasteiger charge is 2.47. The number of benzene rings is 1. The van der Waals surface area contributed by atoms with E-state index in [9.17, 15) is 48.3 Å². The summed E-state index contributed by atoms with van der Waals surface area (Å²) >= 11 is 0. The summed E-state index contributed by atoms with van der Waals surface area (Å²) in [6, 6.07) is 1.74. The summed E-state index contributed by atoms with van der Waals surface area (Å²) in [5.74, 6) is -1.35. The van der Waals surface area contributed by atoms with E-state index >= 15 is 0 Å². The maximum atomic E-state index is 13.1. The standard InChI is InChI=1S/C15H12F6N2O5S2/c1-2-29(25,26)11-5-9(14(16,17)18)7-23(8-11)22-12-6-10(3-4-13(12)24)30(27,28)15(19,20)21/h3-8,22H,2H2,1H3/p+1. The molecule has 30 heavy (non-hydrogen) atoms. The van der Waals surface area contributed by atoms with E-state index in [0.29, 0.717) is 41.3 Å². The van der Waals surface area contributed by atoms with Crippen LogP contribution in [0.4, 0.5) is 32.0 Å². The Labute approximate surface area is 166 Å². The number of phenolic OH excluding ortho intramolecular Hbond substituents is 1. The quantitative estimate of drug-likeness (QED) is 0.388. The van der Waals surface area contributed by atoms with Crippen LogP contribution in [0.3, 0.4) is 0 Å². The molecule has 0 fully saturated rings. The van der Waals surface area contributed by atoms with E-state index in [0.717, 1.165) is 0 Å². The Balaban J connectivity index is 2.63. The summed E-state index contributed by atoms with van der Waals surface area (Å²) in [5, 5.41) is 9.78. The molecule has 1 heterocycles. The van der Waals surface area contributed by atoms with Crippen LogP contribution in [0.15, 0.2) is 46.5 Å². The van der Waals surface area contributed by atoms with E-state index in [1.165, 1.54) is 6.92 Å². The van der Waals surface area contributed by atoms with Crippen molar-refractivity contribution in [2.45, 2.75) is 28.4 Å². The van der Waals surface area contributed by atoms with Gasteiger partial charge in [0.05, 0.1) is 10.6 Å². The van der Waals surface area contributed by atoms with Crippen molar-refractivity contribution in [2.75, 3.05) is 11.2 Å². The molecule has 0 saturated carbocycles. The average Bonchev–Trinajstić information content (AvgIpc) is 2.61. The third-order valence-corrected chi connectivity index (χ3v) is 6.93. The molecule has 0 unspecified atom stereocenters. The molecule has 0 bridgehead atoms. The van der Waals surface area contributed by atoms with Gasteiger partial charge in [-0.15, -0.1) is 0 Å². The van der Waals surface area contributed by atoms with E-state index in [2.05, 4.69) is 5.43 Å². The van der Waals surface area contributed by atoms with Gasteiger partial charge in [0.1, 0.15) is 21.9 Å². The van der Waals surface area contributed by atoms with Crippen LogP contribution in [-0.4, -0.2) is 33.2 Å². The van der Waals surface area contributed by atoms with Crippen LogP contribution < -0.4 is 10.1 Å². The lowest BCUT2D eigenvalue weighted by molar-refractivity contribution is -0.646. The molecule has 1 aromatic carbocycles. The minimum atomic E-state index is -5.81. The van der Waals surface area contributed by atoms with Crippen LogP contribution in [0.1, 0.15) is 12.5 Å². The fraction of sp³-hybridized carbons (Fsp3) is 0.267. The van der Waals surface area contributed by atoms with Gasteiger partial charge in [-0.1, -0.05) is 11.6 Å². The minimum Gasteiger partial charge on any atom is -0.506 e. The number of aromatic nitrogens is 1. The normalized spacial score (nSPS) is 13.3. The second kappa shape index (κ2) is 7.61. The SMILES string of the molecule is CCS(=O)(=O)c1cc(C(F)(F)F)c[n+](Nc2cc(S(=O)(=O)C(F)(F)F)ccc2O)c1. The van der Waals surface area contributed by atoms with Gasteiger partial charge >= 0.3 is 11.7 Å². The lowest BCUT2D eigenvalue weighted by atomic mass is 10.3. The molecule has 1 aromatic heterocycles. The van der Waals surface area contributed by atoms with E-state index in [1.54, 1.807) is 0 Å². The molecule has 0 saturated heterocycles. The van der Waals surface area contributed by atoms with Crippen LogP contribution in [0, 0.1) is 0 Å². The molecule has 0 amide bonds. The van der Waals surface area contributed by atoms with Gasteiger partial charge in [-0.25, -0.2) is 16.8 Å². The number of alkyl halides is 6. The molecule has 0 atom stereocenters. The van der Waals surface area contributed by atoms with Gasteiger partial charge in [0, 0.05) is 0 Å². The Morgan fingerprint density at radius 2 is 1.57 bits per heavy atom. The molecule has 166 valence electrons. The third-order valence-electron chi connectivity index (χ3n) is 3.74. The van der Waals surface area contributed by atoms with Crippen molar-refractivity contribution in [1.29, 1.82) is 0 Å². The molecule has 2 N–H and O–H groups in total. The Morgan fingerprint density at radius 1 is 0.967 bits per heavy atom. The monoisotopic (exact) mass is 479 g/mol. The molecular weight excluding hydrogens is 466 g/mol. The maximum absolute atomic E-state index is 13.1. The lowest BCUT2D eigenvalue weighted by Crippen LogP contribution is -2.43. The lowest BCUT2D eigenvalue weighted by Gasteiger charge is -2.11. The van der Waals surface area contributed by atoms with E-state index < -0.39 is 63.9 Å². The molecule has 2 aromatic rings. The largest absolute Gasteiger partial charge is 0.506 e. The zero-order valence-corrected chi connectivity index (χ0v) is 16.4. The van der Waals surface area contributed by atoms with Crippen molar-refractivity contribution in [3.05, 3.63) is 42.2 Å². The number of sulfone groups is 2. The first kappa shape index (κ1) is 23.7. The van der Waals surface area contributed by atoms with Crippen molar-refractivity contribution < 1.29 is 53.0 Å². The van der Waals surface area contributed by atoms with Crippen LogP contribution in [0.25, 0.3) is 0 Å². The predicted octanol–water partition coefficient (Wildman–Crippen LogP) is 2.66. The smallest absolute Gasteiger partial charge is 0.501 e. The Morgan fingerprint density at radius 3 is 2.07 bits per heavy atom. The van der Waals surface area contributed by atoms with Crippen LogP contribution in [0.5, 0.6) is 5.75 Å². The first-order valence-electron chi connectivity index (χ1n) is 7.77. The fourth-order valence-corrected chi connectivity index (χ4v) is 3.85. The Kier molecular flexibility index (Phi) is 6.02. The number of phenols is 1. The summed E-state index contributed by atoms with van der Waals surface area (Å²) in [7, 11) is -9.94. The first-order valence-corrected chi connectivity index (χ1v) is 10.9. The number of nitrogens with one attached hydrogen (secondary N) is 1. The van der Waals surface area contributed by atoms with Gasteiger partial charge < -0.3 is 5.11 Å². The van der Waals surface area contributed by atoms with Gasteiger partial charge in [0.25, 0.3) is 9.84 Å². The summed E-state index contributed by atoms with van der Waals surface area (Å²) < 4.78 is 125. The predicted molar refractivity (Wildman–Crippen MR) is 89.7 cm³/mol. The number of pyridine rings is 1. The second-order valence-electron chi connectivity index (χ2n) is 5.81. The van der Waals surface area contributed by atoms with Crippen LogP contribution in [0.2, 0.25) is 0 Å². The number of aromatic hydroxyl groups is 1. The van der Waals surface area contributed by atoms with Crippen molar-refractivity contribution in [3.8, 4) is 5.75 Å². The summed E-state index contributed by atoms with van der Waals surface area (Å²) in [5.41, 5.74) is -5.74. The molecule has 0 spiro atoms. The van der Waals surface area contributed by atoms with Crippen molar-refractivity contribution in [3.63, 3.8) is 0 Å².